The monoisotopic (exact) mass is 280 g/mol. The lowest BCUT2D eigenvalue weighted by molar-refractivity contribution is 0.0952. The lowest BCUT2D eigenvalue weighted by atomic mass is 9.97. The fourth-order valence-electron chi connectivity index (χ4n) is 2.19. The average molecular weight is 281 g/mol. The number of hydrogen-bond acceptors (Lipinski definition) is 2. The van der Waals surface area contributed by atoms with Crippen molar-refractivity contribution in [3.8, 4) is 0 Å². The number of allylic oxidation sites excluding steroid dienone is 1. The van der Waals surface area contributed by atoms with Crippen molar-refractivity contribution in [2.75, 3.05) is 6.54 Å². The molecule has 0 saturated carbocycles. The SMILES string of the molecule is O=C(NCCC1=CCCCC1)c1cc(Cl)c[nH]c1=O. The highest BCUT2D eigenvalue weighted by Gasteiger charge is 2.11. The number of rotatable bonds is 4. The Morgan fingerprint density at radius 1 is 1.42 bits per heavy atom. The largest absolute Gasteiger partial charge is 0.352 e. The van der Waals surface area contributed by atoms with Crippen LogP contribution in [0.25, 0.3) is 0 Å². The Hall–Kier alpha value is -1.55. The summed E-state index contributed by atoms with van der Waals surface area (Å²) in [5, 5.41) is 3.10. The summed E-state index contributed by atoms with van der Waals surface area (Å²) < 4.78 is 0. The van der Waals surface area contributed by atoms with Crippen molar-refractivity contribution in [2.24, 2.45) is 0 Å². The maximum atomic E-state index is 11.9. The lowest BCUT2D eigenvalue weighted by Crippen LogP contribution is -2.30. The number of nitrogens with one attached hydrogen (secondary N) is 2. The van der Waals surface area contributed by atoms with Crippen LogP contribution in [0.4, 0.5) is 0 Å². The average Bonchev–Trinajstić information content (AvgIpc) is 2.42. The Morgan fingerprint density at radius 2 is 2.26 bits per heavy atom. The second-order valence-electron chi connectivity index (χ2n) is 4.67. The Morgan fingerprint density at radius 3 is 3.00 bits per heavy atom. The summed E-state index contributed by atoms with van der Waals surface area (Å²) >= 11 is 5.76. The van der Waals surface area contributed by atoms with E-state index in [0.717, 1.165) is 19.3 Å². The number of aromatic amines is 1. The third-order valence-electron chi connectivity index (χ3n) is 3.23. The van der Waals surface area contributed by atoms with Gasteiger partial charge in [-0.05, 0) is 38.2 Å². The molecule has 0 aliphatic heterocycles. The summed E-state index contributed by atoms with van der Waals surface area (Å²) in [7, 11) is 0. The van der Waals surface area contributed by atoms with Crippen molar-refractivity contribution in [1.29, 1.82) is 0 Å². The van der Waals surface area contributed by atoms with Crippen molar-refractivity contribution in [1.82, 2.24) is 10.3 Å². The molecule has 2 N–H and O–H groups in total. The number of hydrogen-bond donors (Lipinski definition) is 2. The van der Waals surface area contributed by atoms with Gasteiger partial charge in [-0.25, -0.2) is 0 Å². The van der Waals surface area contributed by atoms with Gasteiger partial charge >= 0.3 is 0 Å². The topological polar surface area (TPSA) is 62.0 Å². The van der Waals surface area contributed by atoms with Crippen LogP contribution in [0, 0.1) is 0 Å². The van der Waals surface area contributed by atoms with E-state index in [1.165, 1.54) is 30.7 Å². The van der Waals surface area contributed by atoms with E-state index in [4.69, 9.17) is 11.6 Å². The van der Waals surface area contributed by atoms with Crippen molar-refractivity contribution in [3.05, 3.63) is 44.9 Å². The van der Waals surface area contributed by atoms with Crippen LogP contribution in [-0.4, -0.2) is 17.4 Å². The van der Waals surface area contributed by atoms with Gasteiger partial charge in [0.2, 0.25) is 0 Å². The van der Waals surface area contributed by atoms with Crippen LogP contribution in [-0.2, 0) is 0 Å². The maximum absolute atomic E-state index is 11.9. The fraction of sp³-hybridized carbons (Fsp3) is 0.429. The minimum Gasteiger partial charge on any atom is -0.352 e. The summed E-state index contributed by atoms with van der Waals surface area (Å²) in [6.07, 6.45) is 9.21. The van der Waals surface area contributed by atoms with Gasteiger partial charge in [-0.3, -0.25) is 9.59 Å². The minimum absolute atomic E-state index is 0.0603. The number of carbonyl (C=O) groups excluding carboxylic acids is 1. The molecule has 2 rings (SSSR count). The molecule has 1 aromatic rings. The second kappa shape index (κ2) is 6.57. The summed E-state index contributed by atoms with van der Waals surface area (Å²) in [4.78, 5) is 25.8. The normalized spacial score (nSPS) is 14.9. The first kappa shape index (κ1) is 13.9. The van der Waals surface area contributed by atoms with Gasteiger partial charge in [-0.1, -0.05) is 23.3 Å². The van der Waals surface area contributed by atoms with E-state index in [0.29, 0.717) is 11.6 Å². The van der Waals surface area contributed by atoms with Crippen LogP contribution >= 0.6 is 11.6 Å². The van der Waals surface area contributed by atoms with Crippen LogP contribution in [0.3, 0.4) is 0 Å². The van der Waals surface area contributed by atoms with E-state index < -0.39 is 5.56 Å². The minimum atomic E-state index is -0.418. The third kappa shape index (κ3) is 3.96. The Balaban J connectivity index is 1.89. The van der Waals surface area contributed by atoms with Gasteiger partial charge in [-0.15, -0.1) is 0 Å². The van der Waals surface area contributed by atoms with E-state index in [-0.39, 0.29) is 11.5 Å². The highest BCUT2D eigenvalue weighted by Crippen LogP contribution is 2.19. The van der Waals surface area contributed by atoms with Gasteiger partial charge in [0.1, 0.15) is 5.56 Å². The zero-order chi connectivity index (χ0) is 13.7. The summed E-state index contributed by atoms with van der Waals surface area (Å²) in [5.74, 6) is -0.375. The van der Waals surface area contributed by atoms with Gasteiger partial charge in [-0.2, -0.15) is 0 Å². The van der Waals surface area contributed by atoms with Crippen LogP contribution in [0.5, 0.6) is 0 Å². The number of carbonyl (C=O) groups is 1. The highest BCUT2D eigenvalue weighted by molar-refractivity contribution is 6.30. The number of halogens is 1. The highest BCUT2D eigenvalue weighted by atomic mass is 35.5. The van der Waals surface area contributed by atoms with Crippen molar-refractivity contribution in [3.63, 3.8) is 0 Å². The van der Waals surface area contributed by atoms with Crippen molar-refractivity contribution >= 4 is 17.5 Å². The lowest BCUT2D eigenvalue weighted by Gasteiger charge is -2.12. The fourth-order valence-corrected chi connectivity index (χ4v) is 2.35. The van der Waals surface area contributed by atoms with Gasteiger partial charge in [0.25, 0.3) is 11.5 Å². The van der Waals surface area contributed by atoms with Gasteiger partial charge < -0.3 is 10.3 Å². The second-order valence-corrected chi connectivity index (χ2v) is 5.11. The van der Waals surface area contributed by atoms with Crippen LogP contribution in [0.15, 0.2) is 28.7 Å². The van der Waals surface area contributed by atoms with Crippen molar-refractivity contribution in [2.45, 2.75) is 32.1 Å². The molecule has 0 fully saturated rings. The summed E-state index contributed by atoms with van der Waals surface area (Å²) in [6, 6.07) is 1.38. The predicted octanol–water partition coefficient (Wildman–Crippen LogP) is 2.65. The van der Waals surface area contributed by atoms with E-state index in [1.807, 2.05) is 0 Å². The molecular formula is C14H17ClN2O2. The third-order valence-corrected chi connectivity index (χ3v) is 3.45. The van der Waals surface area contributed by atoms with Crippen molar-refractivity contribution < 1.29 is 4.79 Å². The number of amides is 1. The Labute approximate surface area is 116 Å². The standard InChI is InChI=1S/C14H17ClN2O2/c15-11-8-12(14(19)17-9-11)13(18)16-7-6-10-4-2-1-3-5-10/h4,8-9H,1-3,5-7H2,(H,16,18)(H,17,19). The molecule has 1 amide bonds. The molecule has 5 heteroatoms. The van der Waals surface area contributed by atoms with E-state index in [1.54, 1.807) is 0 Å². The first-order valence-electron chi connectivity index (χ1n) is 6.51. The van der Waals surface area contributed by atoms with E-state index >= 15 is 0 Å². The Bertz CT molecular complexity index is 549. The molecule has 1 aliphatic carbocycles. The summed E-state index contributed by atoms with van der Waals surface area (Å²) in [6.45, 7) is 0.552. The molecule has 1 aliphatic rings. The molecule has 0 radical (unpaired) electrons. The maximum Gasteiger partial charge on any atom is 0.260 e. The summed E-state index contributed by atoms with van der Waals surface area (Å²) in [5.41, 5.74) is 1.04. The molecule has 0 saturated heterocycles. The quantitative estimate of drug-likeness (QED) is 0.833. The molecule has 1 aromatic heterocycles. The number of aromatic nitrogens is 1. The molecule has 0 unspecified atom stereocenters. The molecule has 19 heavy (non-hydrogen) atoms. The van der Waals surface area contributed by atoms with Gasteiger partial charge in [0, 0.05) is 12.7 Å². The molecule has 0 bridgehead atoms. The zero-order valence-corrected chi connectivity index (χ0v) is 11.4. The smallest absolute Gasteiger partial charge is 0.260 e. The molecule has 0 spiro atoms. The van der Waals surface area contributed by atoms with Gasteiger partial charge in [0.05, 0.1) is 5.02 Å². The molecule has 102 valence electrons. The molecular weight excluding hydrogens is 264 g/mol. The molecule has 0 aromatic carbocycles. The molecule has 0 atom stereocenters. The predicted molar refractivity (Wildman–Crippen MR) is 75.6 cm³/mol. The molecule has 4 nitrogen and oxygen atoms in total. The van der Waals surface area contributed by atoms with Gasteiger partial charge in [0.15, 0.2) is 0 Å². The first-order chi connectivity index (χ1) is 9.16. The zero-order valence-electron chi connectivity index (χ0n) is 10.7. The number of pyridine rings is 1. The Kier molecular flexibility index (Phi) is 4.80. The van der Waals surface area contributed by atoms with E-state index in [9.17, 15) is 9.59 Å². The van der Waals surface area contributed by atoms with Crippen LogP contribution in [0.2, 0.25) is 5.02 Å². The van der Waals surface area contributed by atoms with E-state index in [2.05, 4.69) is 16.4 Å². The first-order valence-corrected chi connectivity index (χ1v) is 6.89. The van der Waals surface area contributed by atoms with Crippen LogP contribution in [0.1, 0.15) is 42.5 Å². The number of H-pyrrole nitrogens is 1. The van der Waals surface area contributed by atoms with Crippen LogP contribution < -0.4 is 10.9 Å². The molecule has 1 heterocycles.